The van der Waals surface area contributed by atoms with Crippen molar-refractivity contribution in [2.75, 3.05) is 5.32 Å². The molecule has 7 heteroatoms. The minimum absolute atomic E-state index is 0.0587. The molecule has 1 aromatic carbocycles. The summed E-state index contributed by atoms with van der Waals surface area (Å²) in [6, 6.07) is 8.51. The summed E-state index contributed by atoms with van der Waals surface area (Å²) in [4.78, 5) is 23.9. The van der Waals surface area contributed by atoms with Crippen LogP contribution in [0.25, 0.3) is 11.0 Å². The van der Waals surface area contributed by atoms with Crippen molar-refractivity contribution >= 4 is 33.3 Å². The molecule has 0 bridgehead atoms. The predicted octanol–water partition coefficient (Wildman–Crippen LogP) is 2.21. The minimum Gasteiger partial charge on any atom is -0.422 e. The molecule has 1 amide bonds. The van der Waals surface area contributed by atoms with E-state index in [1.54, 1.807) is 31.2 Å². The Morgan fingerprint density at radius 2 is 2.10 bits per heavy atom. The third-order valence-corrected chi connectivity index (χ3v) is 3.39. The zero-order valence-electron chi connectivity index (χ0n) is 10.4. The standard InChI is InChI=1S/C13H9N3O3S/c1-7-15-16-13(20-7)14-11(17)9-6-8-4-2-3-5-10(8)19-12(9)18/h2-6H,1H3,(H,14,16,17). The van der Waals surface area contributed by atoms with E-state index in [1.165, 1.54) is 17.4 Å². The Balaban J connectivity index is 1.98. The molecule has 0 aliphatic carbocycles. The van der Waals surface area contributed by atoms with Crippen molar-refractivity contribution in [3.05, 3.63) is 51.3 Å². The van der Waals surface area contributed by atoms with E-state index in [0.717, 1.165) is 5.01 Å². The zero-order chi connectivity index (χ0) is 14.1. The lowest BCUT2D eigenvalue weighted by Gasteiger charge is -2.01. The van der Waals surface area contributed by atoms with E-state index in [1.807, 2.05) is 0 Å². The van der Waals surface area contributed by atoms with Crippen molar-refractivity contribution in [3.8, 4) is 0 Å². The minimum atomic E-state index is -0.678. The second-order valence-corrected chi connectivity index (χ2v) is 5.25. The topological polar surface area (TPSA) is 85.1 Å². The number of carbonyl (C=O) groups is 1. The molecular weight excluding hydrogens is 278 g/mol. The van der Waals surface area contributed by atoms with Crippen LogP contribution in [-0.4, -0.2) is 16.1 Å². The Morgan fingerprint density at radius 1 is 1.30 bits per heavy atom. The summed E-state index contributed by atoms with van der Waals surface area (Å²) >= 11 is 1.23. The van der Waals surface area contributed by atoms with Crippen LogP contribution in [0.4, 0.5) is 5.13 Å². The monoisotopic (exact) mass is 287 g/mol. The lowest BCUT2D eigenvalue weighted by atomic mass is 10.2. The highest BCUT2D eigenvalue weighted by Gasteiger charge is 2.15. The summed E-state index contributed by atoms with van der Waals surface area (Å²) < 4.78 is 5.11. The molecule has 0 spiro atoms. The molecule has 2 heterocycles. The summed E-state index contributed by atoms with van der Waals surface area (Å²) in [5.74, 6) is -0.555. The molecule has 0 saturated carbocycles. The summed E-state index contributed by atoms with van der Waals surface area (Å²) in [7, 11) is 0. The number of benzene rings is 1. The molecule has 0 aliphatic heterocycles. The van der Waals surface area contributed by atoms with Crippen molar-refractivity contribution in [1.29, 1.82) is 0 Å². The number of hydrogen-bond acceptors (Lipinski definition) is 6. The largest absolute Gasteiger partial charge is 0.422 e. The van der Waals surface area contributed by atoms with E-state index in [-0.39, 0.29) is 5.56 Å². The van der Waals surface area contributed by atoms with Gasteiger partial charge in [-0.2, -0.15) is 0 Å². The van der Waals surface area contributed by atoms with Crippen LogP contribution in [0.5, 0.6) is 0 Å². The van der Waals surface area contributed by atoms with Gasteiger partial charge in [-0.05, 0) is 19.1 Å². The molecule has 2 aromatic heterocycles. The van der Waals surface area contributed by atoms with Crippen LogP contribution in [0.2, 0.25) is 0 Å². The number of anilines is 1. The van der Waals surface area contributed by atoms with Gasteiger partial charge in [-0.25, -0.2) is 4.79 Å². The van der Waals surface area contributed by atoms with Gasteiger partial charge in [0.05, 0.1) is 0 Å². The number of aryl methyl sites for hydroxylation is 1. The first-order valence-electron chi connectivity index (χ1n) is 5.78. The van der Waals surface area contributed by atoms with Crippen molar-refractivity contribution in [1.82, 2.24) is 10.2 Å². The highest BCUT2D eigenvalue weighted by molar-refractivity contribution is 7.15. The maximum Gasteiger partial charge on any atom is 0.349 e. The lowest BCUT2D eigenvalue weighted by Crippen LogP contribution is -2.20. The maximum atomic E-state index is 12.1. The number of aromatic nitrogens is 2. The summed E-state index contributed by atoms with van der Waals surface area (Å²) in [5.41, 5.74) is -0.292. The van der Waals surface area contributed by atoms with Crippen LogP contribution in [0, 0.1) is 6.92 Å². The molecule has 0 atom stereocenters. The van der Waals surface area contributed by atoms with E-state index in [4.69, 9.17) is 4.42 Å². The van der Waals surface area contributed by atoms with Gasteiger partial charge in [0, 0.05) is 5.39 Å². The van der Waals surface area contributed by atoms with E-state index >= 15 is 0 Å². The summed E-state index contributed by atoms with van der Waals surface area (Å²) in [5, 5.41) is 11.9. The number of nitrogens with one attached hydrogen (secondary N) is 1. The Labute approximate surface area is 117 Å². The average molecular weight is 287 g/mol. The van der Waals surface area contributed by atoms with E-state index < -0.39 is 11.5 Å². The third kappa shape index (κ3) is 2.30. The van der Waals surface area contributed by atoms with Gasteiger partial charge in [0.2, 0.25) is 5.13 Å². The van der Waals surface area contributed by atoms with Crippen molar-refractivity contribution < 1.29 is 9.21 Å². The molecule has 0 unspecified atom stereocenters. The fraction of sp³-hybridized carbons (Fsp3) is 0.0769. The third-order valence-electron chi connectivity index (χ3n) is 2.63. The first kappa shape index (κ1) is 12.5. The van der Waals surface area contributed by atoms with Crippen molar-refractivity contribution in [3.63, 3.8) is 0 Å². The van der Waals surface area contributed by atoms with Gasteiger partial charge in [0.15, 0.2) is 0 Å². The van der Waals surface area contributed by atoms with Gasteiger partial charge in [-0.1, -0.05) is 29.5 Å². The second-order valence-electron chi connectivity index (χ2n) is 4.07. The molecule has 1 N–H and O–H groups in total. The molecule has 0 saturated heterocycles. The molecule has 0 aliphatic rings. The Hall–Kier alpha value is -2.54. The normalized spacial score (nSPS) is 10.7. The van der Waals surface area contributed by atoms with Crippen molar-refractivity contribution in [2.24, 2.45) is 0 Å². The average Bonchev–Trinajstić information content (AvgIpc) is 2.83. The molecule has 0 radical (unpaired) electrons. The molecule has 20 heavy (non-hydrogen) atoms. The first-order chi connectivity index (χ1) is 9.63. The maximum absolute atomic E-state index is 12.1. The van der Waals surface area contributed by atoms with Gasteiger partial charge in [-0.3, -0.25) is 10.1 Å². The second kappa shape index (κ2) is 4.86. The van der Waals surface area contributed by atoms with Crippen LogP contribution < -0.4 is 10.9 Å². The van der Waals surface area contributed by atoms with Gasteiger partial charge in [0.25, 0.3) is 5.91 Å². The van der Waals surface area contributed by atoms with E-state index in [9.17, 15) is 9.59 Å². The highest BCUT2D eigenvalue weighted by Crippen LogP contribution is 2.16. The van der Waals surface area contributed by atoms with Crippen LogP contribution >= 0.6 is 11.3 Å². The van der Waals surface area contributed by atoms with Crippen LogP contribution in [0.1, 0.15) is 15.4 Å². The molecule has 0 fully saturated rings. The number of rotatable bonds is 2. The predicted molar refractivity (Wildman–Crippen MR) is 75.1 cm³/mol. The van der Waals surface area contributed by atoms with Crippen LogP contribution in [0.15, 0.2) is 39.5 Å². The number of para-hydroxylation sites is 1. The summed E-state index contributed by atoms with van der Waals surface area (Å²) in [6.07, 6.45) is 0. The SMILES string of the molecule is Cc1nnc(NC(=O)c2cc3ccccc3oc2=O)s1. The zero-order valence-corrected chi connectivity index (χ0v) is 11.2. The first-order valence-corrected chi connectivity index (χ1v) is 6.59. The fourth-order valence-corrected chi connectivity index (χ4v) is 2.32. The smallest absolute Gasteiger partial charge is 0.349 e. The van der Waals surface area contributed by atoms with Gasteiger partial charge in [0.1, 0.15) is 16.2 Å². The Kier molecular flexibility index (Phi) is 3.03. The fourth-order valence-electron chi connectivity index (χ4n) is 1.73. The molecule has 3 aromatic rings. The van der Waals surface area contributed by atoms with E-state index in [0.29, 0.717) is 16.1 Å². The molecule has 3 rings (SSSR count). The van der Waals surface area contributed by atoms with Gasteiger partial charge in [-0.15, -0.1) is 10.2 Å². The van der Waals surface area contributed by atoms with Crippen molar-refractivity contribution in [2.45, 2.75) is 6.92 Å². The lowest BCUT2D eigenvalue weighted by molar-refractivity contribution is 0.102. The number of carbonyl (C=O) groups excluding carboxylic acids is 1. The Bertz CT molecular complexity index is 853. The van der Waals surface area contributed by atoms with Gasteiger partial charge < -0.3 is 4.42 Å². The number of fused-ring (bicyclic) bond motifs is 1. The quantitative estimate of drug-likeness (QED) is 0.730. The number of nitrogens with zero attached hydrogens (tertiary/aromatic N) is 2. The highest BCUT2D eigenvalue weighted by atomic mass is 32.1. The van der Waals surface area contributed by atoms with Crippen LogP contribution in [-0.2, 0) is 0 Å². The number of amides is 1. The molecule has 6 nitrogen and oxygen atoms in total. The van der Waals surface area contributed by atoms with Gasteiger partial charge >= 0.3 is 5.63 Å². The molecular formula is C13H9N3O3S. The summed E-state index contributed by atoms with van der Waals surface area (Å²) in [6.45, 7) is 1.78. The Morgan fingerprint density at radius 3 is 2.85 bits per heavy atom. The molecule has 100 valence electrons. The van der Waals surface area contributed by atoms with E-state index in [2.05, 4.69) is 15.5 Å². The number of hydrogen-bond donors (Lipinski definition) is 1. The van der Waals surface area contributed by atoms with Crippen LogP contribution in [0.3, 0.4) is 0 Å².